The number of aromatic nitrogens is 3. The molecule has 0 amide bonds. The third-order valence-electron chi connectivity index (χ3n) is 4.07. The molecule has 5 heteroatoms. The summed E-state index contributed by atoms with van der Waals surface area (Å²) in [6, 6.07) is 1.35. The van der Waals surface area contributed by atoms with Gasteiger partial charge in [0.15, 0.2) is 0 Å². The van der Waals surface area contributed by atoms with Crippen molar-refractivity contribution in [3.05, 3.63) is 12.2 Å². The van der Waals surface area contributed by atoms with Gasteiger partial charge in [-0.1, -0.05) is 6.92 Å². The maximum absolute atomic E-state index is 4.14. The molecule has 0 radical (unpaired) electrons. The quantitative estimate of drug-likeness (QED) is 0.768. The molecule has 2 heterocycles. The van der Waals surface area contributed by atoms with Gasteiger partial charge in [-0.3, -0.25) is 5.10 Å². The van der Waals surface area contributed by atoms with E-state index in [1.54, 1.807) is 6.33 Å². The number of hydrogen-bond donors (Lipinski definition) is 2. The monoisotopic (exact) mass is 251 g/mol. The standard InChI is InChI=1S/C13H25N5/c1-10-8-18(3)11(2)7-12(10)14-6-4-5-13-15-9-16-17-13/h9-12,14H,4-8H2,1-3H3,(H,15,16,17). The highest BCUT2D eigenvalue weighted by molar-refractivity contribution is 4.86. The van der Waals surface area contributed by atoms with Crippen LogP contribution in [0.1, 0.15) is 32.5 Å². The van der Waals surface area contributed by atoms with E-state index in [4.69, 9.17) is 0 Å². The van der Waals surface area contributed by atoms with Crippen LogP contribution in [0.4, 0.5) is 0 Å². The summed E-state index contributed by atoms with van der Waals surface area (Å²) in [4.78, 5) is 6.59. The van der Waals surface area contributed by atoms with E-state index in [1.165, 1.54) is 13.0 Å². The molecule has 0 bridgehead atoms. The first-order valence-electron chi connectivity index (χ1n) is 6.94. The van der Waals surface area contributed by atoms with E-state index in [2.05, 4.69) is 46.3 Å². The van der Waals surface area contributed by atoms with Crippen molar-refractivity contribution >= 4 is 0 Å². The second kappa shape index (κ2) is 6.29. The fraction of sp³-hybridized carbons (Fsp3) is 0.846. The first kappa shape index (κ1) is 13.5. The zero-order chi connectivity index (χ0) is 13.0. The molecule has 2 rings (SSSR count). The highest BCUT2D eigenvalue weighted by Gasteiger charge is 2.28. The van der Waals surface area contributed by atoms with Crippen LogP contribution in [-0.4, -0.2) is 52.3 Å². The zero-order valence-corrected chi connectivity index (χ0v) is 11.7. The van der Waals surface area contributed by atoms with Crippen molar-refractivity contribution < 1.29 is 0 Å². The van der Waals surface area contributed by atoms with Crippen LogP contribution in [0.3, 0.4) is 0 Å². The normalized spacial score (nSPS) is 29.6. The number of aryl methyl sites for hydroxylation is 1. The molecular weight excluding hydrogens is 226 g/mol. The molecule has 5 nitrogen and oxygen atoms in total. The smallest absolute Gasteiger partial charge is 0.137 e. The summed E-state index contributed by atoms with van der Waals surface area (Å²) in [5.41, 5.74) is 0. The molecular formula is C13H25N5. The third-order valence-corrected chi connectivity index (χ3v) is 4.07. The van der Waals surface area contributed by atoms with Gasteiger partial charge in [-0.25, -0.2) is 4.98 Å². The Kier molecular flexibility index (Phi) is 4.72. The van der Waals surface area contributed by atoms with Gasteiger partial charge < -0.3 is 10.2 Å². The molecule has 2 N–H and O–H groups in total. The Morgan fingerprint density at radius 3 is 3.06 bits per heavy atom. The van der Waals surface area contributed by atoms with Crippen molar-refractivity contribution in [3.8, 4) is 0 Å². The van der Waals surface area contributed by atoms with Gasteiger partial charge in [-0.05, 0) is 39.3 Å². The van der Waals surface area contributed by atoms with Crippen LogP contribution in [0.2, 0.25) is 0 Å². The van der Waals surface area contributed by atoms with Crippen molar-refractivity contribution in [1.29, 1.82) is 0 Å². The number of hydrogen-bond acceptors (Lipinski definition) is 4. The van der Waals surface area contributed by atoms with Gasteiger partial charge in [-0.2, -0.15) is 5.10 Å². The van der Waals surface area contributed by atoms with Crippen LogP contribution in [-0.2, 0) is 6.42 Å². The number of likely N-dealkylation sites (tertiary alicyclic amines) is 1. The largest absolute Gasteiger partial charge is 0.314 e. The summed E-state index contributed by atoms with van der Waals surface area (Å²) in [5, 5.41) is 10.5. The molecule has 1 aliphatic heterocycles. The van der Waals surface area contributed by atoms with Crippen LogP contribution in [0.5, 0.6) is 0 Å². The van der Waals surface area contributed by atoms with E-state index < -0.39 is 0 Å². The number of rotatable bonds is 5. The SMILES string of the molecule is CC1CN(C)C(C)CC1NCCCc1ncn[nH]1. The van der Waals surface area contributed by atoms with Gasteiger partial charge in [0.1, 0.15) is 12.2 Å². The maximum Gasteiger partial charge on any atom is 0.137 e. The Hall–Kier alpha value is -0.940. The summed E-state index contributed by atoms with van der Waals surface area (Å²) in [7, 11) is 2.22. The van der Waals surface area contributed by atoms with Crippen LogP contribution in [0, 0.1) is 5.92 Å². The lowest BCUT2D eigenvalue weighted by Crippen LogP contribution is -2.51. The highest BCUT2D eigenvalue weighted by Crippen LogP contribution is 2.20. The second-order valence-corrected chi connectivity index (χ2v) is 5.60. The van der Waals surface area contributed by atoms with Crippen molar-refractivity contribution in [3.63, 3.8) is 0 Å². The van der Waals surface area contributed by atoms with Gasteiger partial charge in [0.25, 0.3) is 0 Å². The highest BCUT2D eigenvalue weighted by atomic mass is 15.2. The molecule has 0 aromatic carbocycles. The summed E-state index contributed by atoms with van der Waals surface area (Å²) < 4.78 is 0. The summed E-state index contributed by atoms with van der Waals surface area (Å²) >= 11 is 0. The van der Waals surface area contributed by atoms with Crippen LogP contribution >= 0.6 is 0 Å². The van der Waals surface area contributed by atoms with Crippen molar-refractivity contribution in [2.24, 2.45) is 5.92 Å². The van der Waals surface area contributed by atoms with Gasteiger partial charge in [0, 0.05) is 25.0 Å². The number of piperidine rings is 1. The fourth-order valence-electron chi connectivity index (χ4n) is 2.72. The van der Waals surface area contributed by atoms with Crippen LogP contribution in [0.25, 0.3) is 0 Å². The Balaban J connectivity index is 1.67. The second-order valence-electron chi connectivity index (χ2n) is 5.60. The molecule has 1 fully saturated rings. The lowest BCUT2D eigenvalue weighted by atomic mass is 9.90. The average molecular weight is 251 g/mol. The Morgan fingerprint density at radius 1 is 1.50 bits per heavy atom. The molecule has 0 spiro atoms. The predicted octanol–water partition coefficient (Wildman–Crippen LogP) is 1.06. The lowest BCUT2D eigenvalue weighted by molar-refractivity contribution is 0.122. The Morgan fingerprint density at radius 2 is 2.33 bits per heavy atom. The zero-order valence-electron chi connectivity index (χ0n) is 11.7. The number of aromatic amines is 1. The maximum atomic E-state index is 4.14. The predicted molar refractivity (Wildman–Crippen MR) is 72.4 cm³/mol. The minimum Gasteiger partial charge on any atom is -0.314 e. The van der Waals surface area contributed by atoms with Gasteiger partial charge in [0.2, 0.25) is 0 Å². The van der Waals surface area contributed by atoms with E-state index in [1.807, 2.05) is 0 Å². The number of nitrogens with zero attached hydrogens (tertiary/aromatic N) is 3. The van der Waals surface area contributed by atoms with Crippen molar-refractivity contribution in [1.82, 2.24) is 25.4 Å². The number of H-pyrrole nitrogens is 1. The van der Waals surface area contributed by atoms with E-state index in [0.717, 1.165) is 31.1 Å². The molecule has 0 aliphatic carbocycles. The summed E-state index contributed by atoms with van der Waals surface area (Å²) in [6.45, 7) is 6.92. The lowest BCUT2D eigenvalue weighted by Gasteiger charge is -2.40. The van der Waals surface area contributed by atoms with Gasteiger partial charge >= 0.3 is 0 Å². The van der Waals surface area contributed by atoms with Crippen LogP contribution in [0.15, 0.2) is 6.33 Å². The minimum atomic E-state index is 0.658. The third kappa shape index (κ3) is 3.53. The summed E-state index contributed by atoms with van der Waals surface area (Å²) in [5.74, 6) is 1.72. The molecule has 102 valence electrons. The van der Waals surface area contributed by atoms with E-state index in [-0.39, 0.29) is 0 Å². The molecule has 3 atom stereocenters. The minimum absolute atomic E-state index is 0.658. The topological polar surface area (TPSA) is 56.8 Å². The van der Waals surface area contributed by atoms with E-state index in [0.29, 0.717) is 12.1 Å². The van der Waals surface area contributed by atoms with E-state index in [9.17, 15) is 0 Å². The van der Waals surface area contributed by atoms with Crippen molar-refractivity contribution in [2.45, 2.75) is 45.2 Å². The Bertz CT molecular complexity index is 337. The van der Waals surface area contributed by atoms with Crippen LogP contribution < -0.4 is 5.32 Å². The van der Waals surface area contributed by atoms with Gasteiger partial charge in [0.05, 0.1) is 0 Å². The molecule has 0 saturated carbocycles. The fourth-order valence-corrected chi connectivity index (χ4v) is 2.72. The first-order valence-corrected chi connectivity index (χ1v) is 6.94. The molecule has 18 heavy (non-hydrogen) atoms. The molecule has 1 aromatic rings. The Labute approximate surface area is 109 Å². The average Bonchev–Trinajstić information content (AvgIpc) is 2.84. The molecule has 1 saturated heterocycles. The van der Waals surface area contributed by atoms with E-state index >= 15 is 0 Å². The summed E-state index contributed by atoms with van der Waals surface area (Å²) in [6.07, 6.45) is 4.91. The molecule has 3 unspecified atom stereocenters. The van der Waals surface area contributed by atoms with Crippen molar-refractivity contribution in [2.75, 3.05) is 20.1 Å². The molecule has 1 aliphatic rings. The first-order chi connectivity index (χ1) is 8.66. The van der Waals surface area contributed by atoms with Gasteiger partial charge in [-0.15, -0.1) is 0 Å². The number of nitrogens with one attached hydrogen (secondary N) is 2. The molecule has 1 aromatic heterocycles.